The van der Waals surface area contributed by atoms with Gasteiger partial charge in [-0.25, -0.2) is 4.79 Å². The first-order valence-electron chi connectivity index (χ1n) is 8.88. The van der Waals surface area contributed by atoms with Crippen LogP contribution in [0.3, 0.4) is 0 Å². The summed E-state index contributed by atoms with van der Waals surface area (Å²) < 4.78 is 16.4. The molecule has 1 saturated carbocycles. The average molecular weight is 344 g/mol. The summed E-state index contributed by atoms with van der Waals surface area (Å²) in [5, 5.41) is 10.3. The van der Waals surface area contributed by atoms with E-state index < -0.39 is 17.5 Å². The second-order valence-corrected chi connectivity index (χ2v) is 7.74. The van der Waals surface area contributed by atoms with Crippen LogP contribution in [0.1, 0.15) is 44.3 Å². The molecular weight excluding hydrogens is 324 g/mol. The largest absolute Gasteiger partial charge is 0.472 e. The second-order valence-electron chi connectivity index (χ2n) is 7.74. The van der Waals surface area contributed by atoms with Crippen LogP contribution in [0.5, 0.6) is 0 Å². The van der Waals surface area contributed by atoms with Crippen molar-refractivity contribution in [1.82, 2.24) is 0 Å². The first-order valence-corrected chi connectivity index (χ1v) is 8.88. The Bertz CT molecular complexity index is 778. The molecule has 0 bridgehead atoms. The Labute approximate surface area is 144 Å². The molecule has 1 saturated heterocycles. The van der Waals surface area contributed by atoms with Crippen LogP contribution in [0.25, 0.3) is 0 Å². The number of fused-ring (bicyclic) bond motifs is 1. The van der Waals surface area contributed by atoms with Gasteiger partial charge < -0.3 is 19.0 Å². The SMILES string of the molecule is C[C@@H]1C[C@@H]2OC(=O)C3=C2[C@@H](CC[C@H]3O)[C@@]12C[C@@H](c1ccoc1)OC2=O. The molecule has 0 unspecified atom stereocenters. The van der Waals surface area contributed by atoms with Gasteiger partial charge in [-0.1, -0.05) is 6.92 Å². The van der Waals surface area contributed by atoms with Crippen LogP contribution in [0.2, 0.25) is 0 Å². The first kappa shape index (κ1) is 15.2. The predicted octanol–water partition coefficient (Wildman–Crippen LogP) is 2.29. The number of furan rings is 1. The lowest BCUT2D eigenvalue weighted by Crippen LogP contribution is -2.50. The van der Waals surface area contributed by atoms with Gasteiger partial charge in [0.2, 0.25) is 0 Å². The van der Waals surface area contributed by atoms with Gasteiger partial charge in [0.05, 0.1) is 29.6 Å². The van der Waals surface area contributed by atoms with E-state index in [1.807, 2.05) is 13.0 Å². The number of carbonyl (C=O) groups excluding carboxylic acids is 2. The number of rotatable bonds is 1. The summed E-state index contributed by atoms with van der Waals surface area (Å²) in [6.45, 7) is 2.05. The molecule has 0 radical (unpaired) electrons. The number of hydrogen-bond donors (Lipinski definition) is 1. The van der Waals surface area contributed by atoms with E-state index in [4.69, 9.17) is 13.9 Å². The van der Waals surface area contributed by atoms with Gasteiger partial charge in [0.25, 0.3) is 0 Å². The lowest BCUT2D eigenvalue weighted by atomic mass is 9.53. The Balaban J connectivity index is 1.61. The quantitative estimate of drug-likeness (QED) is 0.787. The van der Waals surface area contributed by atoms with Crippen LogP contribution < -0.4 is 0 Å². The summed E-state index contributed by atoms with van der Waals surface area (Å²) >= 11 is 0. The molecule has 6 atom stereocenters. The highest BCUT2D eigenvalue weighted by Gasteiger charge is 2.64. The summed E-state index contributed by atoms with van der Waals surface area (Å²) in [6, 6.07) is 1.82. The van der Waals surface area contributed by atoms with Crippen LogP contribution in [-0.2, 0) is 19.1 Å². The lowest BCUT2D eigenvalue weighted by molar-refractivity contribution is -0.156. The topological polar surface area (TPSA) is 86.0 Å². The maximum absolute atomic E-state index is 13.1. The number of esters is 2. The monoisotopic (exact) mass is 344 g/mol. The first-order chi connectivity index (χ1) is 12.0. The highest BCUT2D eigenvalue weighted by Crippen LogP contribution is 2.62. The van der Waals surface area contributed by atoms with E-state index in [-0.39, 0.29) is 30.0 Å². The minimum absolute atomic E-state index is 0.0399. The maximum atomic E-state index is 13.1. The molecule has 1 spiro atoms. The Kier molecular flexibility index (Phi) is 3.02. The summed E-state index contributed by atoms with van der Waals surface area (Å²) in [6.07, 6.45) is 4.11. The number of ether oxygens (including phenoxy) is 2. The molecule has 5 rings (SSSR count). The van der Waals surface area contributed by atoms with Gasteiger partial charge in [-0.15, -0.1) is 0 Å². The van der Waals surface area contributed by atoms with Crippen molar-refractivity contribution < 1.29 is 28.6 Å². The van der Waals surface area contributed by atoms with Crippen molar-refractivity contribution in [3.63, 3.8) is 0 Å². The van der Waals surface area contributed by atoms with E-state index in [1.54, 1.807) is 12.5 Å². The molecule has 6 heteroatoms. The molecule has 4 aliphatic rings. The third kappa shape index (κ3) is 1.83. The molecule has 0 aromatic carbocycles. The number of cyclic esters (lactones) is 1. The van der Waals surface area contributed by atoms with E-state index in [2.05, 4.69) is 0 Å². The van der Waals surface area contributed by atoms with E-state index in [9.17, 15) is 14.7 Å². The smallest absolute Gasteiger partial charge is 0.337 e. The van der Waals surface area contributed by atoms with Crippen molar-refractivity contribution in [2.75, 3.05) is 0 Å². The second kappa shape index (κ2) is 4.97. The Morgan fingerprint density at radius 2 is 2.04 bits per heavy atom. The van der Waals surface area contributed by atoms with Gasteiger partial charge in [0.1, 0.15) is 12.2 Å². The molecule has 1 N–H and O–H groups in total. The summed E-state index contributed by atoms with van der Waals surface area (Å²) in [5.41, 5.74) is 1.45. The lowest BCUT2D eigenvalue weighted by Gasteiger charge is -2.47. The number of aliphatic hydroxyl groups excluding tert-OH is 1. The van der Waals surface area contributed by atoms with Crippen molar-refractivity contribution in [2.45, 2.75) is 50.9 Å². The molecule has 132 valence electrons. The Morgan fingerprint density at radius 3 is 2.80 bits per heavy atom. The molecule has 0 amide bonds. The average Bonchev–Trinajstić information content (AvgIpc) is 3.27. The fraction of sp³-hybridized carbons (Fsp3) is 0.579. The van der Waals surface area contributed by atoms with E-state index in [0.29, 0.717) is 31.3 Å². The number of aliphatic hydroxyl groups is 1. The Morgan fingerprint density at radius 1 is 1.20 bits per heavy atom. The van der Waals surface area contributed by atoms with Crippen molar-refractivity contribution in [2.24, 2.45) is 17.3 Å². The predicted molar refractivity (Wildman–Crippen MR) is 84.0 cm³/mol. The molecule has 2 aliphatic heterocycles. The summed E-state index contributed by atoms with van der Waals surface area (Å²) in [5.74, 6) is -0.676. The van der Waals surface area contributed by atoms with Crippen molar-refractivity contribution >= 4 is 11.9 Å². The minimum Gasteiger partial charge on any atom is -0.472 e. The molecule has 6 nitrogen and oxygen atoms in total. The molecule has 25 heavy (non-hydrogen) atoms. The zero-order valence-corrected chi connectivity index (χ0v) is 13.9. The minimum atomic E-state index is -0.781. The summed E-state index contributed by atoms with van der Waals surface area (Å²) in [7, 11) is 0. The van der Waals surface area contributed by atoms with Gasteiger partial charge in [-0.05, 0) is 36.8 Å². The molecule has 2 aliphatic carbocycles. The van der Waals surface area contributed by atoms with E-state index in [0.717, 1.165) is 11.1 Å². The zero-order chi connectivity index (χ0) is 17.3. The third-order valence-electron chi connectivity index (χ3n) is 6.70. The van der Waals surface area contributed by atoms with Crippen molar-refractivity contribution in [1.29, 1.82) is 0 Å². The van der Waals surface area contributed by atoms with Crippen molar-refractivity contribution in [3.05, 3.63) is 35.3 Å². The van der Waals surface area contributed by atoms with Gasteiger partial charge >= 0.3 is 11.9 Å². The normalized spacial score (nSPS) is 42.6. The number of hydrogen-bond acceptors (Lipinski definition) is 6. The van der Waals surface area contributed by atoms with Gasteiger partial charge in [-0.3, -0.25) is 4.79 Å². The highest BCUT2D eigenvalue weighted by molar-refractivity contribution is 5.95. The van der Waals surface area contributed by atoms with E-state index >= 15 is 0 Å². The van der Waals surface area contributed by atoms with E-state index in [1.165, 1.54) is 0 Å². The fourth-order valence-electron chi connectivity index (χ4n) is 5.50. The standard InChI is InChI=1S/C19H20O6/c1-9-6-13-15-11(2-3-12(20)16(15)17(21)24-13)19(9)7-14(25-18(19)22)10-4-5-23-8-10/h4-5,8-9,11-14,20H,2-3,6-7H2,1H3/t9-,11-,12-,13+,14+,19-/m1/s1. The highest BCUT2D eigenvalue weighted by atomic mass is 16.6. The molecular formula is C19H20O6. The third-order valence-corrected chi connectivity index (χ3v) is 6.70. The van der Waals surface area contributed by atoms with Crippen LogP contribution in [0, 0.1) is 17.3 Å². The van der Waals surface area contributed by atoms with Crippen molar-refractivity contribution in [3.8, 4) is 0 Å². The summed E-state index contributed by atoms with van der Waals surface area (Å²) in [4.78, 5) is 25.3. The molecule has 3 heterocycles. The van der Waals surface area contributed by atoms with Gasteiger partial charge in [-0.2, -0.15) is 0 Å². The molecule has 1 aromatic rings. The molecule has 2 fully saturated rings. The van der Waals surface area contributed by atoms with Gasteiger partial charge in [0.15, 0.2) is 0 Å². The fourth-order valence-corrected chi connectivity index (χ4v) is 5.50. The number of carbonyl (C=O) groups is 2. The zero-order valence-electron chi connectivity index (χ0n) is 13.9. The molecule has 1 aromatic heterocycles. The van der Waals surface area contributed by atoms with Gasteiger partial charge in [0, 0.05) is 17.9 Å². The van der Waals surface area contributed by atoms with Crippen LogP contribution in [0.15, 0.2) is 34.2 Å². The van der Waals surface area contributed by atoms with Crippen LogP contribution in [-0.4, -0.2) is 29.3 Å². The Hall–Kier alpha value is -2.08. The van der Waals surface area contributed by atoms with Crippen LogP contribution in [0.4, 0.5) is 0 Å². The van der Waals surface area contributed by atoms with Crippen LogP contribution >= 0.6 is 0 Å². The maximum Gasteiger partial charge on any atom is 0.337 e.